The van der Waals surface area contributed by atoms with E-state index in [1.807, 2.05) is 61.5 Å². The molecule has 0 amide bonds. The number of benzene rings is 3. The van der Waals surface area contributed by atoms with Crippen LogP contribution in [0.1, 0.15) is 15.9 Å². The molecule has 3 aromatic rings. The van der Waals surface area contributed by atoms with Crippen molar-refractivity contribution in [3.63, 3.8) is 0 Å². The van der Waals surface area contributed by atoms with Gasteiger partial charge in [-0.1, -0.05) is 42.5 Å². The quantitative estimate of drug-likeness (QED) is 0.353. The van der Waals surface area contributed by atoms with Crippen molar-refractivity contribution in [2.24, 2.45) is 0 Å². The Kier molecular flexibility index (Phi) is 5.88. The second-order valence-electron chi connectivity index (χ2n) is 5.71. The molecular formula is C22H20O4. The van der Waals surface area contributed by atoms with Crippen molar-refractivity contribution in [3.8, 4) is 17.2 Å². The summed E-state index contributed by atoms with van der Waals surface area (Å²) < 4.78 is 16.8. The molecule has 0 radical (unpaired) electrons. The molecule has 0 saturated carbocycles. The number of ether oxygens (including phenoxy) is 3. The monoisotopic (exact) mass is 348 g/mol. The van der Waals surface area contributed by atoms with E-state index >= 15 is 0 Å². The average molecular weight is 348 g/mol. The van der Waals surface area contributed by atoms with Crippen molar-refractivity contribution >= 4 is 5.97 Å². The van der Waals surface area contributed by atoms with Gasteiger partial charge in [0.1, 0.15) is 36.0 Å². The van der Waals surface area contributed by atoms with Gasteiger partial charge < -0.3 is 14.2 Å². The molecule has 132 valence electrons. The Morgan fingerprint density at radius 1 is 0.769 bits per heavy atom. The molecule has 4 nitrogen and oxygen atoms in total. The third-order valence-corrected chi connectivity index (χ3v) is 3.66. The predicted octanol–water partition coefficient (Wildman–Crippen LogP) is 4.67. The smallest absolute Gasteiger partial charge is 0.347 e. The molecule has 0 unspecified atom stereocenters. The fraction of sp³-hybridized carbons (Fsp3) is 0.136. The summed E-state index contributed by atoms with van der Waals surface area (Å²) in [5.41, 5.74) is 1.41. The summed E-state index contributed by atoms with van der Waals surface area (Å²) in [7, 11) is 0. The van der Waals surface area contributed by atoms with E-state index in [0.717, 1.165) is 11.3 Å². The molecule has 0 bridgehead atoms. The van der Waals surface area contributed by atoms with Gasteiger partial charge in [-0.15, -0.1) is 0 Å². The number of carbonyl (C=O) groups is 1. The number of hydrogen-bond donors (Lipinski definition) is 0. The largest absolute Gasteiger partial charge is 0.490 e. The van der Waals surface area contributed by atoms with Crippen molar-refractivity contribution in [2.75, 3.05) is 13.2 Å². The molecular weight excluding hydrogens is 328 g/mol. The van der Waals surface area contributed by atoms with Crippen LogP contribution in [0.3, 0.4) is 0 Å². The van der Waals surface area contributed by atoms with E-state index in [4.69, 9.17) is 14.2 Å². The highest BCUT2D eigenvalue weighted by Gasteiger charge is 2.14. The van der Waals surface area contributed by atoms with Gasteiger partial charge in [0.25, 0.3) is 0 Å². The van der Waals surface area contributed by atoms with Crippen LogP contribution in [0, 0.1) is 6.92 Å². The zero-order chi connectivity index (χ0) is 18.2. The van der Waals surface area contributed by atoms with Crippen molar-refractivity contribution in [3.05, 3.63) is 90.0 Å². The van der Waals surface area contributed by atoms with Crippen LogP contribution in [0.15, 0.2) is 78.9 Å². The number of rotatable bonds is 7. The van der Waals surface area contributed by atoms with Crippen LogP contribution < -0.4 is 14.2 Å². The molecule has 3 rings (SSSR count). The predicted molar refractivity (Wildman–Crippen MR) is 100 cm³/mol. The van der Waals surface area contributed by atoms with E-state index in [1.54, 1.807) is 24.3 Å². The Morgan fingerprint density at radius 3 is 2.27 bits per heavy atom. The maximum Gasteiger partial charge on any atom is 0.347 e. The fourth-order valence-corrected chi connectivity index (χ4v) is 2.43. The zero-order valence-electron chi connectivity index (χ0n) is 14.6. The summed E-state index contributed by atoms with van der Waals surface area (Å²) in [5.74, 6) is 1.32. The Morgan fingerprint density at radius 2 is 1.46 bits per heavy atom. The van der Waals surface area contributed by atoms with Crippen LogP contribution in [-0.4, -0.2) is 19.2 Å². The van der Waals surface area contributed by atoms with Crippen molar-refractivity contribution in [2.45, 2.75) is 6.92 Å². The summed E-state index contributed by atoms with van der Waals surface area (Å²) in [6.45, 7) is 2.65. The second-order valence-corrected chi connectivity index (χ2v) is 5.71. The van der Waals surface area contributed by atoms with Gasteiger partial charge in [0, 0.05) is 0 Å². The Hall–Kier alpha value is -3.27. The van der Waals surface area contributed by atoms with Crippen LogP contribution in [-0.2, 0) is 0 Å². The number of hydrogen-bond acceptors (Lipinski definition) is 4. The lowest BCUT2D eigenvalue weighted by atomic mass is 10.2. The maximum absolute atomic E-state index is 12.5. The molecule has 0 saturated heterocycles. The van der Waals surface area contributed by atoms with E-state index < -0.39 is 5.97 Å². The first-order valence-electron chi connectivity index (χ1n) is 8.41. The average Bonchev–Trinajstić information content (AvgIpc) is 2.66. The molecule has 0 aromatic heterocycles. The number of aryl methyl sites for hydroxylation is 1. The van der Waals surface area contributed by atoms with Crippen molar-refractivity contribution in [1.82, 2.24) is 0 Å². The second kappa shape index (κ2) is 8.72. The summed E-state index contributed by atoms with van der Waals surface area (Å²) in [6.07, 6.45) is 0. The van der Waals surface area contributed by atoms with Gasteiger partial charge in [0.2, 0.25) is 0 Å². The number of carbonyl (C=O) groups excluding carboxylic acids is 1. The van der Waals surface area contributed by atoms with Gasteiger partial charge >= 0.3 is 5.97 Å². The molecule has 0 spiro atoms. The van der Waals surface area contributed by atoms with Gasteiger partial charge in [0.15, 0.2) is 0 Å². The van der Waals surface area contributed by atoms with Gasteiger partial charge in [-0.05, 0) is 48.9 Å². The van der Waals surface area contributed by atoms with Crippen LogP contribution in [0.2, 0.25) is 0 Å². The highest BCUT2D eigenvalue weighted by atomic mass is 16.5. The van der Waals surface area contributed by atoms with Gasteiger partial charge in [-0.3, -0.25) is 0 Å². The number of para-hydroxylation sites is 2. The molecule has 3 aromatic carbocycles. The third kappa shape index (κ3) is 4.86. The highest BCUT2D eigenvalue weighted by Crippen LogP contribution is 2.21. The topological polar surface area (TPSA) is 44.8 Å². The lowest BCUT2D eigenvalue weighted by molar-refractivity contribution is 0.0729. The van der Waals surface area contributed by atoms with Crippen LogP contribution in [0.25, 0.3) is 0 Å². The summed E-state index contributed by atoms with van der Waals surface area (Å²) in [6, 6.07) is 23.9. The highest BCUT2D eigenvalue weighted by molar-refractivity contribution is 5.94. The van der Waals surface area contributed by atoms with Gasteiger partial charge in [-0.2, -0.15) is 0 Å². The molecule has 26 heavy (non-hydrogen) atoms. The molecule has 0 aliphatic rings. The first-order chi connectivity index (χ1) is 12.7. The zero-order valence-corrected chi connectivity index (χ0v) is 14.6. The Bertz CT molecular complexity index is 859. The van der Waals surface area contributed by atoms with E-state index in [-0.39, 0.29) is 0 Å². The molecule has 4 heteroatoms. The minimum absolute atomic E-state index is 0.323. The maximum atomic E-state index is 12.5. The summed E-state index contributed by atoms with van der Waals surface area (Å²) >= 11 is 0. The van der Waals surface area contributed by atoms with E-state index in [1.165, 1.54) is 0 Å². The van der Waals surface area contributed by atoms with Crippen molar-refractivity contribution < 1.29 is 19.0 Å². The molecule has 0 aliphatic heterocycles. The van der Waals surface area contributed by atoms with E-state index in [0.29, 0.717) is 30.3 Å². The summed E-state index contributed by atoms with van der Waals surface area (Å²) in [5, 5.41) is 0. The molecule has 0 atom stereocenters. The first-order valence-corrected chi connectivity index (χ1v) is 8.41. The Labute approximate surface area is 153 Å². The molecule has 0 fully saturated rings. The van der Waals surface area contributed by atoms with E-state index in [9.17, 15) is 4.79 Å². The number of esters is 1. The SMILES string of the molecule is Cc1cccc(OC(=O)c2ccccc2OCCOc2ccccc2)c1. The molecule has 0 heterocycles. The van der Waals surface area contributed by atoms with Crippen LogP contribution >= 0.6 is 0 Å². The normalized spacial score (nSPS) is 10.2. The van der Waals surface area contributed by atoms with E-state index in [2.05, 4.69) is 0 Å². The first kappa shape index (κ1) is 17.5. The lowest BCUT2D eigenvalue weighted by Gasteiger charge is -2.12. The molecule has 0 aliphatic carbocycles. The standard InChI is InChI=1S/C22H20O4/c1-17-8-7-11-19(16-17)26-22(23)20-12-5-6-13-21(20)25-15-14-24-18-9-3-2-4-10-18/h2-13,16H,14-15H2,1H3. The third-order valence-electron chi connectivity index (χ3n) is 3.66. The van der Waals surface area contributed by atoms with Gasteiger partial charge in [-0.25, -0.2) is 4.79 Å². The minimum Gasteiger partial charge on any atom is -0.490 e. The van der Waals surface area contributed by atoms with Gasteiger partial charge in [0.05, 0.1) is 0 Å². The van der Waals surface area contributed by atoms with Crippen LogP contribution in [0.5, 0.6) is 17.2 Å². The summed E-state index contributed by atoms with van der Waals surface area (Å²) in [4.78, 5) is 12.5. The molecule has 0 N–H and O–H groups in total. The Balaban J connectivity index is 1.59. The van der Waals surface area contributed by atoms with Crippen LogP contribution in [0.4, 0.5) is 0 Å². The van der Waals surface area contributed by atoms with Crippen molar-refractivity contribution in [1.29, 1.82) is 0 Å². The lowest BCUT2D eigenvalue weighted by Crippen LogP contribution is -2.14. The minimum atomic E-state index is -0.449. The fourth-order valence-electron chi connectivity index (χ4n) is 2.43.